The van der Waals surface area contributed by atoms with Gasteiger partial charge < -0.3 is 15.0 Å². The Morgan fingerprint density at radius 2 is 2.32 bits per heavy atom. The lowest BCUT2D eigenvalue weighted by Gasteiger charge is -2.33. The van der Waals surface area contributed by atoms with Crippen molar-refractivity contribution in [2.45, 2.75) is 25.9 Å². The second-order valence-corrected chi connectivity index (χ2v) is 4.99. The lowest BCUT2D eigenvalue weighted by atomic mass is 10.1. The Morgan fingerprint density at radius 3 is 3.00 bits per heavy atom. The molecule has 1 aliphatic rings. The highest BCUT2D eigenvalue weighted by atomic mass is 16.5. The van der Waals surface area contributed by atoms with Gasteiger partial charge >= 0.3 is 0 Å². The minimum Gasteiger partial charge on any atom is -0.486 e. The van der Waals surface area contributed by atoms with Gasteiger partial charge in [-0.15, -0.1) is 0 Å². The van der Waals surface area contributed by atoms with E-state index in [4.69, 9.17) is 4.74 Å². The molecule has 19 heavy (non-hydrogen) atoms. The predicted molar refractivity (Wildman–Crippen MR) is 77.3 cm³/mol. The Morgan fingerprint density at radius 1 is 1.53 bits per heavy atom. The van der Waals surface area contributed by atoms with Gasteiger partial charge in [0.1, 0.15) is 11.9 Å². The number of ketones is 1. The molecule has 0 fully saturated rings. The van der Waals surface area contributed by atoms with E-state index in [-0.39, 0.29) is 11.9 Å². The zero-order valence-corrected chi connectivity index (χ0v) is 11.9. The summed E-state index contributed by atoms with van der Waals surface area (Å²) in [6.45, 7) is 3.71. The molecule has 0 saturated carbocycles. The van der Waals surface area contributed by atoms with Crippen LogP contribution >= 0.6 is 0 Å². The zero-order valence-electron chi connectivity index (χ0n) is 11.9. The SMILES string of the molecule is CCC1CN(C)c2cc(C(=O)CCNC)ccc2O1. The Hall–Kier alpha value is -1.55. The van der Waals surface area contributed by atoms with E-state index in [0.717, 1.165) is 30.0 Å². The number of fused-ring (bicyclic) bond motifs is 1. The Labute approximate surface area is 114 Å². The maximum Gasteiger partial charge on any atom is 0.164 e. The molecule has 0 spiro atoms. The fourth-order valence-corrected chi connectivity index (χ4v) is 2.30. The summed E-state index contributed by atoms with van der Waals surface area (Å²) < 4.78 is 5.90. The Balaban J connectivity index is 2.19. The number of ether oxygens (including phenoxy) is 1. The highest BCUT2D eigenvalue weighted by Crippen LogP contribution is 2.34. The molecule has 1 aromatic rings. The Bertz CT molecular complexity index is 459. The minimum atomic E-state index is 0.170. The van der Waals surface area contributed by atoms with Gasteiger partial charge in [0.25, 0.3) is 0 Å². The Kier molecular flexibility index (Phi) is 4.43. The van der Waals surface area contributed by atoms with Crippen LogP contribution in [0.4, 0.5) is 5.69 Å². The summed E-state index contributed by atoms with van der Waals surface area (Å²) in [6.07, 6.45) is 1.76. The maximum atomic E-state index is 12.0. The van der Waals surface area contributed by atoms with Crippen LogP contribution < -0.4 is 15.0 Å². The van der Waals surface area contributed by atoms with E-state index < -0.39 is 0 Å². The number of likely N-dealkylation sites (N-methyl/N-ethyl adjacent to an activating group) is 1. The summed E-state index contributed by atoms with van der Waals surface area (Å²) in [6, 6.07) is 5.72. The number of hydrogen-bond donors (Lipinski definition) is 1. The number of rotatable bonds is 5. The molecular formula is C15H22N2O2. The van der Waals surface area contributed by atoms with Crippen LogP contribution in [0.5, 0.6) is 5.75 Å². The summed E-state index contributed by atoms with van der Waals surface area (Å²) in [5.74, 6) is 1.05. The molecule has 0 aromatic heterocycles. The third kappa shape index (κ3) is 3.07. The molecule has 0 aliphatic carbocycles. The monoisotopic (exact) mass is 262 g/mol. The minimum absolute atomic E-state index is 0.170. The van der Waals surface area contributed by atoms with Gasteiger partial charge in [0.05, 0.1) is 12.2 Å². The second-order valence-electron chi connectivity index (χ2n) is 4.99. The van der Waals surface area contributed by atoms with Crippen LogP contribution in [-0.4, -0.2) is 39.1 Å². The average molecular weight is 262 g/mol. The number of nitrogens with zero attached hydrogens (tertiary/aromatic N) is 1. The smallest absolute Gasteiger partial charge is 0.164 e. The predicted octanol–water partition coefficient (Wildman–Crippen LogP) is 2.09. The first-order valence-electron chi connectivity index (χ1n) is 6.85. The molecule has 1 atom stereocenters. The molecule has 1 N–H and O–H groups in total. The average Bonchev–Trinajstić information content (AvgIpc) is 2.44. The molecule has 1 aromatic carbocycles. The number of Topliss-reactive ketones (excluding diaryl/α,β-unsaturated/α-hetero) is 1. The van der Waals surface area contributed by atoms with Gasteiger partial charge in [0.15, 0.2) is 5.78 Å². The lowest BCUT2D eigenvalue weighted by molar-refractivity contribution is 0.0983. The normalized spacial score (nSPS) is 17.8. The van der Waals surface area contributed by atoms with Gasteiger partial charge in [-0.1, -0.05) is 6.92 Å². The first-order chi connectivity index (χ1) is 9.15. The molecule has 1 aliphatic heterocycles. The van der Waals surface area contributed by atoms with Gasteiger partial charge in [-0.2, -0.15) is 0 Å². The van der Waals surface area contributed by atoms with Gasteiger partial charge in [-0.05, 0) is 31.7 Å². The number of carbonyl (C=O) groups excluding carboxylic acids is 1. The number of carbonyl (C=O) groups is 1. The fraction of sp³-hybridized carbons (Fsp3) is 0.533. The molecule has 0 radical (unpaired) electrons. The third-order valence-corrected chi connectivity index (χ3v) is 3.52. The summed E-state index contributed by atoms with van der Waals surface area (Å²) in [5.41, 5.74) is 1.78. The summed E-state index contributed by atoms with van der Waals surface area (Å²) >= 11 is 0. The maximum absolute atomic E-state index is 12.0. The number of benzene rings is 1. The van der Waals surface area contributed by atoms with Crippen molar-refractivity contribution in [3.8, 4) is 5.75 Å². The molecule has 104 valence electrons. The van der Waals surface area contributed by atoms with Crippen molar-refractivity contribution in [1.29, 1.82) is 0 Å². The summed E-state index contributed by atoms with van der Waals surface area (Å²) in [5, 5.41) is 3.00. The molecule has 1 unspecified atom stereocenters. The van der Waals surface area contributed by atoms with Crippen molar-refractivity contribution in [3.63, 3.8) is 0 Å². The van der Waals surface area contributed by atoms with Gasteiger partial charge in [0.2, 0.25) is 0 Å². The summed E-state index contributed by atoms with van der Waals surface area (Å²) in [7, 11) is 3.90. The van der Waals surface area contributed by atoms with Crippen LogP contribution in [-0.2, 0) is 0 Å². The molecule has 0 amide bonds. The van der Waals surface area contributed by atoms with E-state index >= 15 is 0 Å². The van der Waals surface area contributed by atoms with Gasteiger partial charge in [-0.3, -0.25) is 4.79 Å². The van der Waals surface area contributed by atoms with E-state index in [1.54, 1.807) is 0 Å². The van der Waals surface area contributed by atoms with Crippen LogP contribution in [0.3, 0.4) is 0 Å². The molecule has 2 rings (SSSR count). The zero-order chi connectivity index (χ0) is 13.8. The highest BCUT2D eigenvalue weighted by Gasteiger charge is 2.23. The van der Waals surface area contributed by atoms with E-state index in [1.165, 1.54) is 0 Å². The van der Waals surface area contributed by atoms with Gasteiger partial charge in [-0.25, -0.2) is 0 Å². The van der Waals surface area contributed by atoms with Crippen LogP contribution in [0.2, 0.25) is 0 Å². The molecule has 0 saturated heterocycles. The van der Waals surface area contributed by atoms with Crippen molar-refractivity contribution >= 4 is 11.5 Å². The van der Waals surface area contributed by atoms with E-state index in [2.05, 4.69) is 17.1 Å². The van der Waals surface area contributed by atoms with Crippen molar-refractivity contribution in [2.75, 3.05) is 32.1 Å². The lowest BCUT2D eigenvalue weighted by Crippen LogP contribution is -2.37. The first-order valence-corrected chi connectivity index (χ1v) is 6.85. The van der Waals surface area contributed by atoms with Crippen LogP contribution in [0.1, 0.15) is 30.1 Å². The van der Waals surface area contributed by atoms with E-state index in [9.17, 15) is 4.79 Å². The van der Waals surface area contributed by atoms with Crippen molar-refractivity contribution < 1.29 is 9.53 Å². The quantitative estimate of drug-likeness (QED) is 0.825. The second kappa shape index (κ2) is 6.06. The number of anilines is 1. The fourth-order valence-electron chi connectivity index (χ4n) is 2.30. The molecule has 0 bridgehead atoms. The summed E-state index contributed by atoms with van der Waals surface area (Å²) in [4.78, 5) is 14.2. The van der Waals surface area contributed by atoms with Gasteiger partial charge in [0, 0.05) is 25.6 Å². The van der Waals surface area contributed by atoms with Crippen molar-refractivity contribution in [3.05, 3.63) is 23.8 Å². The van der Waals surface area contributed by atoms with Crippen LogP contribution in [0.25, 0.3) is 0 Å². The van der Waals surface area contributed by atoms with Crippen LogP contribution in [0.15, 0.2) is 18.2 Å². The third-order valence-electron chi connectivity index (χ3n) is 3.52. The standard InChI is InChI=1S/C15H22N2O2/c1-4-12-10-17(3)13-9-11(5-6-15(13)19-12)14(18)7-8-16-2/h5-6,9,12,16H,4,7-8,10H2,1-3H3. The first kappa shape index (κ1) is 13.9. The molecule has 4 heteroatoms. The largest absolute Gasteiger partial charge is 0.486 e. The molecule has 1 heterocycles. The van der Waals surface area contributed by atoms with Crippen molar-refractivity contribution in [2.24, 2.45) is 0 Å². The number of hydrogen-bond acceptors (Lipinski definition) is 4. The topological polar surface area (TPSA) is 41.6 Å². The highest BCUT2D eigenvalue weighted by molar-refractivity contribution is 5.97. The van der Waals surface area contributed by atoms with Crippen LogP contribution in [0, 0.1) is 0 Å². The van der Waals surface area contributed by atoms with E-state index in [0.29, 0.717) is 13.0 Å². The number of nitrogens with one attached hydrogen (secondary N) is 1. The van der Waals surface area contributed by atoms with E-state index in [1.807, 2.05) is 32.3 Å². The molecule has 4 nitrogen and oxygen atoms in total. The molecular weight excluding hydrogens is 240 g/mol. The van der Waals surface area contributed by atoms with Crippen molar-refractivity contribution in [1.82, 2.24) is 5.32 Å².